The maximum atomic E-state index is 12.3. The van der Waals surface area contributed by atoms with Crippen molar-refractivity contribution in [1.29, 1.82) is 0 Å². The summed E-state index contributed by atoms with van der Waals surface area (Å²) in [6, 6.07) is 13.6. The molecule has 0 aliphatic heterocycles. The quantitative estimate of drug-likeness (QED) is 0.815. The molecule has 0 saturated heterocycles. The predicted molar refractivity (Wildman–Crippen MR) is 100 cm³/mol. The Balaban J connectivity index is 1.77. The topological polar surface area (TPSA) is 47.6 Å². The van der Waals surface area contributed by atoms with Crippen molar-refractivity contribution in [1.82, 2.24) is 0 Å². The van der Waals surface area contributed by atoms with Gasteiger partial charge in [0.1, 0.15) is 11.5 Å². The van der Waals surface area contributed by atoms with Crippen LogP contribution in [0.3, 0.4) is 0 Å². The van der Waals surface area contributed by atoms with Gasteiger partial charge in [-0.1, -0.05) is 25.0 Å². The molecule has 4 heteroatoms. The fourth-order valence-electron chi connectivity index (χ4n) is 3.47. The summed E-state index contributed by atoms with van der Waals surface area (Å²) in [5, 5.41) is 3.03. The van der Waals surface area contributed by atoms with E-state index in [4.69, 9.17) is 9.47 Å². The van der Waals surface area contributed by atoms with Crippen molar-refractivity contribution in [2.45, 2.75) is 32.1 Å². The number of carbonyl (C=O) groups excluding carboxylic acids is 1. The molecule has 0 atom stereocenters. The monoisotopic (exact) mass is 339 g/mol. The summed E-state index contributed by atoms with van der Waals surface area (Å²) in [5.41, 5.74) is 2.77. The average Bonchev–Trinajstić information content (AvgIpc) is 3.14. The predicted octanol–water partition coefficient (Wildman–Crippen LogP) is 4.89. The number of amides is 1. The molecule has 4 nitrogen and oxygen atoms in total. The molecular weight excluding hydrogens is 314 g/mol. The number of hydrogen-bond donors (Lipinski definition) is 1. The van der Waals surface area contributed by atoms with Crippen LogP contribution in [-0.2, 0) is 4.79 Å². The molecule has 3 rings (SSSR count). The van der Waals surface area contributed by atoms with E-state index in [9.17, 15) is 4.79 Å². The minimum Gasteiger partial charge on any atom is -0.497 e. The van der Waals surface area contributed by atoms with E-state index in [-0.39, 0.29) is 5.91 Å². The Morgan fingerprint density at radius 1 is 1.04 bits per heavy atom. The lowest BCUT2D eigenvalue weighted by Crippen LogP contribution is -2.15. The van der Waals surface area contributed by atoms with Gasteiger partial charge in [0.2, 0.25) is 5.91 Å². The first-order valence-corrected chi connectivity index (χ1v) is 8.82. The van der Waals surface area contributed by atoms with E-state index in [1.807, 2.05) is 42.5 Å². The van der Waals surface area contributed by atoms with Crippen molar-refractivity contribution in [3.63, 3.8) is 0 Å². The first-order valence-electron chi connectivity index (χ1n) is 8.82. The lowest BCUT2D eigenvalue weighted by molar-refractivity contribution is -0.117. The van der Waals surface area contributed by atoms with E-state index in [1.165, 1.54) is 25.7 Å². The van der Waals surface area contributed by atoms with E-state index >= 15 is 0 Å². The third-order valence-electron chi connectivity index (χ3n) is 4.83. The first-order chi connectivity index (χ1) is 12.2. The zero-order valence-electron chi connectivity index (χ0n) is 14.9. The Labute approximate surface area is 149 Å². The molecule has 1 saturated carbocycles. The van der Waals surface area contributed by atoms with Crippen molar-refractivity contribution < 1.29 is 14.3 Å². The second-order valence-corrected chi connectivity index (χ2v) is 6.55. The maximum absolute atomic E-state index is 12.3. The lowest BCUT2D eigenvalue weighted by atomic mass is 10.0. The minimum absolute atomic E-state index is 0.0951. The van der Waals surface area contributed by atoms with Crippen molar-refractivity contribution >= 4 is 11.6 Å². The van der Waals surface area contributed by atoms with Crippen LogP contribution < -0.4 is 14.8 Å². The fraction of sp³-hybridized carbons (Fsp3) is 0.381. The van der Waals surface area contributed by atoms with Crippen LogP contribution in [-0.4, -0.2) is 20.1 Å². The molecule has 0 unspecified atom stereocenters. The Kier molecular flexibility index (Phi) is 5.59. The van der Waals surface area contributed by atoms with Crippen molar-refractivity contribution in [2.24, 2.45) is 5.92 Å². The van der Waals surface area contributed by atoms with Crippen LogP contribution in [0.15, 0.2) is 42.5 Å². The number of benzene rings is 2. The van der Waals surface area contributed by atoms with Gasteiger partial charge in [0.05, 0.1) is 14.2 Å². The SMILES string of the molecule is COc1ccc(-c2cc(NC(=O)CC3CCCC3)ccc2OC)cc1. The number of carbonyl (C=O) groups is 1. The third-order valence-corrected chi connectivity index (χ3v) is 4.83. The van der Waals surface area contributed by atoms with Gasteiger partial charge in [0, 0.05) is 17.7 Å². The van der Waals surface area contributed by atoms with Crippen molar-refractivity contribution in [2.75, 3.05) is 19.5 Å². The molecule has 0 spiro atoms. The molecule has 1 fully saturated rings. The van der Waals surface area contributed by atoms with Gasteiger partial charge in [0.25, 0.3) is 0 Å². The summed E-state index contributed by atoms with van der Waals surface area (Å²) in [5.74, 6) is 2.22. The van der Waals surface area contributed by atoms with Gasteiger partial charge in [0.15, 0.2) is 0 Å². The van der Waals surface area contributed by atoms with Crippen LogP contribution in [0.25, 0.3) is 11.1 Å². The normalized spacial score (nSPS) is 14.3. The standard InChI is InChI=1S/C21H25NO3/c1-24-18-10-7-16(8-11-18)19-14-17(9-12-20(19)25-2)22-21(23)13-15-5-3-4-6-15/h7-12,14-15H,3-6,13H2,1-2H3,(H,22,23). The molecule has 1 amide bonds. The molecule has 25 heavy (non-hydrogen) atoms. The van der Waals surface area contributed by atoms with E-state index in [2.05, 4.69) is 5.32 Å². The van der Waals surface area contributed by atoms with Gasteiger partial charge >= 0.3 is 0 Å². The summed E-state index contributed by atoms with van der Waals surface area (Å²) in [6.45, 7) is 0. The summed E-state index contributed by atoms with van der Waals surface area (Å²) in [4.78, 5) is 12.3. The molecular formula is C21H25NO3. The van der Waals surface area contributed by atoms with Gasteiger partial charge in [-0.2, -0.15) is 0 Å². The van der Waals surface area contributed by atoms with Gasteiger partial charge in [-0.15, -0.1) is 0 Å². The highest BCUT2D eigenvalue weighted by molar-refractivity contribution is 5.92. The molecule has 0 bridgehead atoms. The zero-order valence-corrected chi connectivity index (χ0v) is 14.9. The largest absolute Gasteiger partial charge is 0.497 e. The molecule has 0 radical (unpaired) electrons. The van der Waals surface area contributed by atoms with Crippen LogP contribution in [0.4, 0.5) is 5.69 Å². The zero-order chi connectivity index (χ0) is 17.6. The Morgan fingerprint density at radius 3 is 2.40 bits per heavy atom. The fourth-order valence-corrected chi connectivity index (χ4v) is 3.47. The Morgan fingerprint density at radius 2 is 1.76 bits per heavy atom. The van der Waals surface area contributed by atoms with Gasteiger partial charge in [-0.25, -0.2) is 0 Å². The van der Waals surface area contributed by atoms with Crippen LogP contribution in [0, 0.1) is 5.92 Å². The Hall–Kier alpha value is -2.49. The maximum Gasteiger partial charge on any atom is 0.224 e. The highest BCUT2D eigenvalue weighted by Gasteiger charge is 2.18. The summed E-state index contributed by atoms with van der Waals surface area (Å²) < 4.78 is 10.7. The van der Waals surface area contributed by atoms with E-state index in [0.717, 1.165) is 28.3 Å². The first kappa shape index (κ1) is 17.3. The molecule has 0 aromatic heterocycles. The number of methoxy groups -OCH3 is 2. The minimum atomic E-state index is 0.0951. The van der Waals surface area contributed by atoms with Crippen LogP contribution in [0.2, 0.25) is 0 Å². The van der Waals surface area contributed by atoms with Crippen LogP contribution >= 0.6 is 0 Å². The molecule has 0 heterocycles. The van der Waals surface area contributed by atoms with Crippen LogP contribution in [0.5, 0.6) is 11.5 Å². The highest BCUT2D eigenvalue weighted by atomic mass is 16.5. The molecule has 1 aliphatic carbocycles. The van der Waals surface area contributed by atoms with Crippen molar-refractivity contribution in [3.8, 4) is 22.6 Å². The molecule has 2 aromatic rings. The number of nitrogens with one attached hydrogen (secondary N) is 1. The van der Waals surface area contributed by atoms with Gasteiger partial charge in [-0.05, 0) is 54.7 Å². The van der Waals surface area contributed by atoms with Gasteiger partial charge < -0.3 is 14.8 Å². The molecule has 2 aromatic carbocycles. The van der Waals surface area contributed by atoms with Crippen LogP contribution in [0.1, 0.15) is 32.1 Å². The molecule has 1 aliphatic rings. The third kappa shape index (κ3) is 4.32. The summed E-state index contributed by atoms with van der Waals surface area (Å²) in [6.07, 6.45) is 5.47. The van der Waals surface area contributed by atoms with E-state index in [0.29, 0.717) is 12.3 Å². The second kappa shape index (κ2) is 8.06. The smallest absolute Gasteiger partial charge is 0.224 e. The van der Waals surface area contributed by atoms with Gasteiger partial charge in [-0.3, -0.25) is 4.79 Å². The van der Waals surface area contributed by atoms with E-state index in [1.54, 1.807) is 14.2 Å². The summed E-state index contributed by atoms with van der Waals surface area (Å²) in [7, 11) is 3.30. The Bertz CT molecular complexity index is 718. The van der Waals surface area contributed by atoms with Crippen molar-refractivity contribution in [3.05, 3.63) is 42.5 Å². The number of anilines is 1. The average molecular weight is 339 g/mol. The number of rotatable bonds is 6. The lowest BCUT2D eigenvalue weighted by Gasteiger charge is -2.13. The number of ether oxygens (including phenoxy) is 2. The molecule has 132 valence electrons. The summed E-state index contributed by atoms with van der Waals surface area (Å²) >= 11 is 0. The highest BCUT2D eigenvalue weighted by Crippen LogP contribution is 2.34. The number of hydrogen-bond acceptors (Lipinski definition) is 3. The van der Waals surface area contributed by atoms with E-state index < -0.39 is 0 Å². The molecule has 1 N–H and O–H groups in total. The second-order valence-electron chi connectivity index (χ2n) is 6.55.